The van der Waals surface area contributed by atoms with E-state index in [4.69, 9.17) is 10.8 Å². The van der Waals surface area contributed by atoms with Crippen LogP contribution < -0.4 is 5.73 Å². The molecule has 0 aromatic carbocycles. The first kappa shape index (κ1) is 14.6. The van der Waals surface area contributed by atoms with Gasteiger partial charge in [-0.2, -0.15) is 0 Å². The van der Waals surface area contributed by atoms with Crippen LogP contribution in [0.2, 0.25) is 0 Å². The van der Waals surface area contributed by atoms with Crippen LogP contribution in [0.15, 0.2) is 6.20 Å². The van der Waals surface area contributed by atoms with Gasteiger partial charge in [-0.1, -0.05) is 19.1 Å². The van der Waals surface area contributed by atoms with Crippen LogP contribution in [0.5, 0.6) is 0 Å². The third kappa shape index (κ3) is 3.78. The topological polar surface area (TPSA) is 114 Å². The highest BCUT2D eigenvalue weighted by Crippen LogP contribution is 2.18. The number of hydrogen-bond donors (Lipinski definition) is 3. The molecule has 0 saturated carbocycles. The monoisotopic (exact) mass is 256 g/mol. The Labute approximate surface area is 106 Å². The van der Waals surface area contributed by atoms with Gasteiger partial charge >= 0.3 is 5.97 Å². The van der Waals surface area contributed by atoms with Crippen LogP contribution in [0.25, 0.3) is 0 Å². The lowest BCUT2D eigenvalue weighted by molar-refractivity contribution is -0.138. The third-order valence-corrected chi connectivity index (χ3v) is 3.06. The van der Waals surface area contributed by atoms with Crippen molar-refractivity contribution >= 4 is 5.97 Å². The summed E-state index contributed by atoms with van der Waals surface area (Å²) < 4.78 is 1.50. The molecule has 2 unspecified atom stereocenters. The number of hydrogen-bond acceptors (Lipinski definition) is 5. The van der Waals surface area contributed by atoms with Gasteiger partial charge < -0.3 is 15.9 Å². The van der Waals surface area contributed by atoms with E-state index in [1.54, 1.807) is 13.1 Å². The molecule has 7 heteroatoms. The van der Waals surface area contributed by atoms with E-state index in [2.05, 4.69) is 10.3 Å². The van der Waals surface area contributed by atoms with Gasteiger partial charge in [-0.25, -0.2) is 4.68 Å². The minimum atomic E-state index is -1.07. The second kappa shape index (κ2) is 5.45. The van der Waals surface area contributed by atoms with E-state index >= 15 is 0 Å². The quantitative estimate of drug-likeness (QED) is 0.640. The van der Waals surface area contributed by atoms with Gasteiger partial charge in [0, 0.05) is 12.6 Å². The molecule has 1 heterocycles. The van der Waals surface area contributed by atoms with Crippen LogP contribution >= 0.6 is 0 Å². The predicted octanol–water partition coefficient (Wildman–Crippen LogP) is -0.360. The smallest absolute Gasteiger partial charge is 0.320 e. The van der Waals surface area contributed by atoms with Crippen molar-refractivity contribution in [3.63, 3.8) is 0 Å². The van der Waals surface area contributed by atoms with Crippen LogP contribution in [0, 0.1) is 5.92 Å². The summed E-state index contributed by atoms with van der Waals surface area (Å²) in [7, 11) is 0. The van der Waals surface area contributed by atoms with Gasteiger partial charge in [-0.15, -0.1) is 5.10 Å². The molecule has 0 bridgehead atoms. The lowest BCUT2D eigenvalue weighted by atomic mass is 9.93. The zero-order valence-electron chi connectivity index (χ0n) is 10.9. The zero-order chi connectivity index (χ0) is 13.9. The van der Waals surface area contributed by atoms with Crippen LogP contribution in [-0.4, -0.2) is 42.8 Å². The fraction of sp³-hybridized carbons (Fsp3) is 0.727. The molecule has 102 valence electrons. The number of carbonyl (C=O) groups is 1. The summed E-state index contributed by atoms with van der Waals surface area (Å²) in [5, 5.41) is 26.5. The number of aromatic nitrogens is 3. The van der Waals surface area contributed by atoms with Crippen LogP contribution in [-0.2, 0) is 17.8 Å². The largest absolute Gasteiger partial charge is 0.480 e. The van der Waals surface area contributed by atoms with Crippen molar-refractivity contribution < 1.29 is 15.0 Å². The Morgan fingerprint density at radius 3 is 2.72 bits per heavy atom. The Balaban J connectivity index is 2.67. The second-order valence-corrected chi connectivity index (χ2v) is 5.07. The number of aliphatic carboxylic acids is 1. The van der Waals surface area contributed by atoms with Gasteiger partial charge in [-0.05, 0) is 12.8 Å². The molecule has 7 nitrogen and oxygen atoms in total. The predicted molar refractivity (Wildman–Crippen MR) is 64.8 cm³/mol. The van der Waals surface area contributed by atoms with E-state index in [1.807, 2.05) is 13.8 Å². The number of nitrogens with two attached hydrogens (primary N) is 1. The van der Waals surface area contributed by atoms with Gasteiger partial charge in [0.2, 0.25) is 0 Å². The van der Waals surface area contributed by atoms with Crippen molar-refractivity contribution in [2.24, 2.45) is 11.7 Å². The van der Waals surface area contributed by atoms with E-state index in [9.17, 15) is 9.90 Å². The first-order valence-electron chi connectivity index (χ1n) is 5.82. The highest BCUT2D eigenvalue weighted by atomic mass is 16.4. The van der Waals surface area contributed by atoms with E-state index in [1.165, 1.54) is 4.68 Å². The SMILES string of the molecule is CC(C)C(C)(O)Cn1cc(CC(N)C(=O)O)nn1. The summed E-state index contributed by atoms with van der Waals surface area (Å²) >= 11 is 0. The maximum absolute atomic E-state index is 10.6. The summed E-state index contributed by atoms with van der Waals surface area (Å²) in [5.74, 6) is -0.995. The Morgan fingerprint density at radius 1 is 1.61 bits per heavy atom. The van der Waals surface area contributed by atoms with Crippen molar-refractivity contribution in [3.05, 3.63) is 11.9 Å². The molecule has 18 heavy (non-hydrogen) atoms. The number of nitrogens with zero attached hydrogens (tertiary/aromatic N) is 3. The molecule has 0 spiro atoms. The van der Waals surface area contributed by atoms with Gasteiger partial charge in [-0.3, -0.25) is 4.79 Å². The highest BCUT2D eigenvalue weighted by molar-refractivity contribution is 5.73. The Hall–Kier alpha value is -1.47. The summed E-state index contributed by atoms with van der Waals surface area (Å²) in [4.78, 5) is 10.6. The highest BCUT2D eigenvalue weighted by Gasteiger charge is 2.26. The normalized spacial score (nSPS) is 16.6. The first-order chi connectivity index (χ1) is 8.22. The average Bonchev–Trinajstić information content (AvgIpc) is 2.64. The van der Waals surface area contributed by atoms with Crippen LogP contribution in [0.4, 0.5) is 0 Å². The summed E-state index contributed by atoms with van der Waals surface area (Å²) in [5.41, 5.74) is 5.02. The van der Waals surface area contributed by atoms with Gasteiger partial charge in [0.05, 0.1) is 17.8 Å². The lowest BCUT2D eigenvalue weighted by Crippen LogP contribution is -2.36. The summed E-state index contributed by atoms with van der Waals surface area (Å²) in [6.07, 6.45) is 1.73. The Kier molecular flexibility index (Phi) is 4.42. The number of carboxylic acid groups (broad SMARTS) is 1. The van der Waals surface area contributed by atoms with Crippen LogP contribution in [0.3, 0.4) is 0 Å². The van der Waals surface area contributed by atoms with Gasteiger partial charge in [0.15, 0.2) is 0 Å². The van der Waals surface area contributed by atoms with Crippen molar-refractivity contribution in [1.29, 1.82) is 0 Å². The molecule has 0 fully saturated rings. The lowest BCUT2D eigenvalue weighted by Gasteiger charge is -2.27. The van der Waals surface area contributed by atoms with E-state index in [-0.39, 0.29) is 12.3 Å². The summed E-state index contributed by atoms with van der Waals surface area (Å²) in [6.45, 7) is 5.86. The molecule has 1 aromatic rings. The maximum Gasteiger partial charge on any atom is 0.320 e. The molecule has 0 radical (unpaired) electrons. The standard InChI is InChI=1S/C11H20N4O3/c1-7(2)11(3,18)6-15-5-8(13-14-15)4-9(12)10(16)17/h5,7,9,18H,4,6,12H2,1-3H3,(H,16,17). The minimum absolute atomic E-state index is 0.0754. The molecule has 0 aliphatic carbocycles. The van der Waals surface area contributed by atoms with Gasteiger partial charge in [0.1, 0.15) is 6.04 Å². The average molecular weight is 256 g/mol. The number of carboxylic acids is 1. The molecule has 0 aliphatic heterocycles. The maximum atomic E-state index is 10.6. The van der Waals surface area contributed by atoms with Crippen molar-refractivity contribution in [2.45, 2.75) is 45.4 Å². The van der Waals surface area contributed by atoms with Crippen molar-refractivity contribution in [3.8, 4) is 0 Å². The van der Waals surface area contributed by atoms with Gasteiger partial charge in [0.25, 0.3) is 0 Å². The number of rotatable bonds is 6. The third-order valence-electron chi connectivity index (χ3n) is 3.06. The van der Waals surface area contributed by atoms with E-state index in [0.717, 1.165) is 0 Å². The van der Waals surface area contributed by atoms with Crippen LogP contribution in [0.1, 0.15) is 26.5 Å². The van der Waals surface area contributed by atoms with Crippen molar-refractivity contribution in [1.82, 2.24) is 15.0 Å². The van der Waals surface area contributed by atoms with E-state index < -0.39 is 17.6 Å². The molecule has 1 aromatic heterocycles. The Bertz CT molecular complexity index is 414. The Morgan fingerprint density at radius 2 is 2.22 bits per heavy atom. The molecule has 1 rings (SSSR count). The summed E-state index contributed by atoms with van der Waals surface area (Å²) in [6, 6.07) is -0.985. The van der Waals surface area contributed by atoms with Crippen molar-refractivity contribution in [2.75, 3.05) is 0 Å². The molecule has 0 amide bonds. The van der Waals surface area contributed by atoms with E-state index in [0.29, 0.717) is 12.2 Å². The fourth-order valence-corrected chi connectivity index (χ4v) is 1.33. The molecular formula is C11H20N4O3. The molecule has 2 atom stereocenters. The minimum Gasteiger partial charge on any atom is -0.480 e. The molecule has 0 saturated heterocycles. The first-order valence-corrected chi connectivity index (χ1v) is 5.82. The molecule has 4 N–H and O–H groups in total. The fourth-order valence-electron chi connectivity index (χ4n) is 1.33. The number of aliphatic hydroxyl groups is 1. The zero-order valence-corrected chi connectivity index (χ0v) is 10.9. The molecule has 0 aliphatic rings. The molecular weight excluding hydrogens is 236 g/mol. The second-order valence-electron chi connectivity index (χ2n) is 5.07.